The summed E-state index contributed by atoms with van der Waals surface area (Å²) in [7, 11) is 1.71. The zero-order valence-corrected chi connectivity index (χ0v) is 14.9. The van der Waals surface area contributed by atoms with Crippen LogP contribution in [0.4, 0.5) is 14.5 Å². The minimum atomic E-state index is -2.76. The number of nitrogens with one attached hydrogen (secondary N) is 1. The van der Waals surface area contributed by atoms with Gasteiger partial charge in [-0.25, -0.2) is 0 Å². The van der Waals surface area contributed by atoms with E-state index >= 15 is 0 Å². The third-order valence-electron chi connectivity index (χ3n) is 3.22. The highest BCUT2D eigenvalue weighted by atomic mass is 19.3. The van der Waals surface area contributed by atoms with E-state index in [0.717, 1.165) is 16.8 Å². The average Bonchev–Trinajstić information content (AvgIpc) is 2.65. The maximum Gasteiger partial charge on any atom is 0.345 e. The molecule has 1 aromatic rings. The van der Waals surface area contributed by atoms with Crippen LogP contribution < -0.4 is 5.32 Å². The molecule has 6 heteroatoms. The van der Waals surface area contributed by atoms with Gasteiger partial charge in [0.1, 0.15) is 0 Å². The number of nitrogens with zero attached hydrogens (tertiary/aromatic N) is 2. The molecule has 0 aromatic heterocycles. The van der Waals surface area contributed by atoms with E-state index in [1.54, 1.807) is 49.9 Å². The Kier molecular flexibility index (Phi) is 10.2. The summed E-state index contributed by atoms with van der Waals surface area (Å²) in [6.07, 6.45) is 12.7. The van der Waals surface area contributed by atoms with E-state index in [9.17, 15) is 8.78 Å². The van der Waals surface area contributed by atoms with Crippen molar-refractivity contribution in [3.8, 4) is 0 Å². The molecule has 1 rings (SSSR count). The molecule has 4 nitrogen and oxygen atoms in total. The molecular formula is C20H23F2N3O. The predicted octanol–water partition coefficient (Wildman–Crippen LogP) is 5.14. The summed E-state index contributed by atoms with van der Waals surface area (Å²) in [6.45, 7) is 2.49. The second-order valence-electron chi connectivity index (χ2n) is 5.02. The quantitative estimate of drug-likeness (QED) is 0.464. The lowest BCUT2D eigenvalue weighted by Crippen LogP contribution is -1.99. The number of aliphatic imine (C=N–C) groups is 2. The predicted molar refractivity (Wildman–Crippen MR) is 105 cm³/mol. The standard InChI is InChI=1S/C20H23F2N3O/c1-4-17(14-24-3)18(11-13-23-2)6-5-12-25-19-9-7-16(8-10-19)15-26-20(21)22/h4-14,20,25H,2,15H2,1,3H3/b12-5-,13-11-,17-4-,18-6-,24-14?. The van der Waals surface area contributed by atoms with Gasteiger partial charge >= 0.3 is 6.61 Å². The first-order chi connectivity index (χ1) is 12.6. The summed E-state index contributed by atoms with van der Waals surface area (Å²) in [5.41, 5.74) is 3.41. The molecule has 0 heterocycles. The van der Waals surface area contributed by atoms with Crippen LogP contribution in [0.3, 0.4) is 0 Å². The van der Waals surface area contributed by atoms with Crippen molar-refractivity contribution in [3.05, 3.63) is 77.7 Å². The monoisotopic (exact) mass is 359 g/mol. The van der Waals surface area contributed by atoms with Crippen molar-refractivity contribution < 1.29 is 13.5 Å². The van der Waals surface area contributed by atoms with Gasteiger partial charge in [-0.3, -0.25) is 9.98 Å². The Balaban J connectivity index is 2.73. The van der Waals surface area contributed by atoms with E-state index in [1.165, 1.54) is 0 Å². The topological polar surface area (TPSA) is 46.0 Å². The number of hydrogen-bond donors (Lipinski definition) is 1. The molecule has 1 aromatic carbocycles. The Bertz CT molecular complexity index is 702. The van der Waals surface area contributed by atoms with Crippen LogP contribution in [0, 0.1) is 0 Å². The molecule has 0 amide bonds. The molecule has 0 bridgehead atoms. The van der Waals surface area contributed by atoms with Crippen LogP contribution in [0.1, 0.15) is 12.5 Å². The number of allylic oxidation sites excluding steroid dienone is 6. The number of benzene rings is 1. The average molecular weight is 359 g/mol. The summed E-state index contributed by atoms with van der Waals surface area (Å²) < 4.78 is 28.3. The van der Waals surface area contributed by atoms with Crippen LogP contribution in [0.2, 0.25) is 0 Å². The smallest absolute Gasteiger partial charge is 0.345 e. The number of anilines is 1. The van der Waals surface area contributed by atoms with Crippen LogP contribution in [-0.2, 0) is 11.3 Å². The van der Waals surface area contributed by atoms with Gasteiger partial charge < -0.3 is 10.1 Å². The normalized spacial score (nSPS) is 13.4. The summed E-state index contributed by atoms with van der Waals surface area (Å²) in [5.74, 6) is 0. The lowest BCUT2D eigenvalue weighted by Gasteiger charge is -2.05. The fourth-order valence-electron chi connectivity index (χ4n) is 1.99. The van der Waals surface area contributed by atoms with Gasteiger partial charge in [-0.05, 0) is 54.6 Å². The van der Waals surface area contributed by atoms with Crippen molar-refractivity contribution in [2.75, 3.05) is 12.4 Å². The molecule has 0 aliphatic rings. The number of halogens is 2. The molecule has 1 N–H and O–H groups in total. The number of ether oxygens (including phenoxy) is 1. The van der Waals surface area contributed by atoms with Crippen molar-refractivity contribution in [3.63, 3.8) is 0 Å². The SMILES string of the molecule is C=N\C=C/C(=C/C=C\Nc1ccc(COC(F)F)cc1)C(/C=NC)=C\C. The third-order valence-corrected chi connectivity index (χ3v) is 3.22. The van der Waals surface area contributed by atoms with Crippen LogP contribution >= 0.6 is 0 Å². The van der Waals surface area contributed by atoms with Crippen molar-refractivity contribution in [2.45, 2.75) is 20.1 Å². The molecule has 0 saturated carbocycles. The first kappa shape index (κ1) is 21.2. The Morgan fingerprint density at radius 1 is 1.27 bits per heavy atom. The molecular weight excluding hydrogens is 336 g/mol. The van der Waals surface area contributed by atoms with E-state index in [4.69, 9.17) is 0 Å². The molecule has 0 saturated heterocycles. The Morgan fingerprint density at radius 2 is 2.00 bits per heavy atom. The van der Waals surface area contributed by atoms with Crippen molar-refractivity contribution >= 4 is 18.6 Å². The minimum absolute atomic E-state index is 0.116. The molecule has 0 fully saturated rings. The maximum atomic E-state index is 12.0. The van der Waals surface area contributed by atoms with Crippen LogP contribution in [0.15, 0.2) is 82.1 Å². The van der Waals surface area contributed by atoms with Crippen LogP contribution in [-0.4, -0.2) is 26.6 Å². The van der Waals surface area contributed by atoms with Crippen molar-refractivity contribution in [1.82, 2.24) is 0 Å². The van der Waals surface area contributed by atoms with Gasteiger partial charge in [0.15, 0.2) is 0 Å². The Hall–Kier alpha value is -2.86. The van der Waals surface area contributed by atoms with Gasteiger partial charge in [-0.15, -0.1) is 0 Å². The summed E-state index contributed by atoms with van der Waals surface area (Å²) in [6, 6.07) is 7.05. The van der Waals surface area contributed by atoms with Gasteiger partial charge in [-0.1, -0.05) is 24.3 Å². The second kappa shape index (κ2) is 12.5. The summed E-state index contributed by atoms with van der Waals surface area (Å²) in [4.78, 5) is 7.76. The minimum Gasteiger partial charge on any atom is -0.362 e. The first-order valence-corrected chi connectivity index (χ1v) is 7.94. The van der Waals surface area contributed by atoms with Crippen LogP contribution in [0.25, 0.3) is 0 Å². The number of alkyl halides is 2. The number of hydrogen-bond acceptors (Lipinski definition) is 4. The third kappa shape index (κ3) is 8.30. The van der Waals surface area contributed by atoms with E-state index in [2.05, 4.69) is 26.8 Å². The lowest BCUT2D eigenvalue weighted by atomic mass is 10.1. The maximum absolute atomic E-state index is 12.0. The molecule has 0 aliphatic carbocycles. The van der Waals surface area contributed by atoms with E-state index in [-0.39, 0.29) is 6.61 Å². The zero-order chi connectivity index (χ0) is 19.2. The highest BCUT2D eigenvalue weighted by Gasteiger charge is 2.02. The zero-order valence-electron chi connectivity index (χ0n) is 14.9. The molecule has 138 valence electrons. The molecule has 0 atom stereocenters. The van der Waals surface area contributed by atoms with Gasteiger partial charge in [0, 0.05) is 31.3 Å². The highest BCUT2D eigenvalue weighted by molar-refractivity contribution is 5.85. The summed E-state index contributed by atoms with van der Waals surface area (Å²) in [5, 5.41) is 3.11. The van der Waals surface area contributed by atoms with Gasteiger partial charge in [0.05, 0.1) is 6.61 Å². The largest absolute Gasteiger partial charge is 0.362 e. The number of rotatable bonds is 10. The Morgan fingerprint density at radius 3 is 2.58 bits per heavy atom. The van der Waals surface area contributed by atoms with E-state index in [0.29, 0.717) is 5.56 Å². The van der Waals surface area contributed by atoms with E-state index < -0.39 is 6.61 Å². The second-order valence-corrected chi connectivity index (χ2v) is 5.02. The van der Waals surface area contributed by atoms with Gasteiger partial charge in [0.2, 0.25) is 0 Å². The highest BCUT2D eigenvalue weighted by Crippen LogP contribution is 2.13. The Labute approximate surface area is 153 Å². The summed E-state index contributed by atoms with van der Waals surface area (Å²) >= 11 is 0. The molecule has 0 spiro atoms. The van der Waals surface area contributed by atoms with Gasteiger partial charge in [-0.2, -0.15) is 8.78 Å². The lowest BCUT2D eigenvalue weighted by molar-refractivity contribution is -0.137. The molecule has 0 unspecified atom stereocenters. The van der Waals surface area contributed by atoms with Gasteiger partial charge in [0.25, 0.3) is 0 Å². The van der Waals surface area contributed by atoms with E-state index in [1.807, 2.05) is 31.2 Å². The molecule has 26 heavy (non-hydrogen) atoms. The van der Waals surface area contributed by atoms with Crippen LogP contribution in [0.5, 0.6) is 0 Å². The fraction of sp³-hybridized carbons (Fsp3) is 0.200. The molecule has 0 radical (unpaired) electrons. The first-order valence-electron chi connectivity index (χ1n) is 7.94. The van der Waals surface area contributed by atoms with Crippen molar-refractivity contribution in [1.29, 1.82) is 0 Å². The van der Waals surface area contributed by atoms with Crippen molar-refractivity contribution in [2.24, 2.45) is 9.98 Å². The fourth-order valence-corrected chi connectivity index (χ4v) is 1.99. The molecule has 0 aliphatic heterocycles.